The van der Waals surface area contributed by atoms with Gasteiger partial charge in [-0.25, -0.2) is 0 Å². The number of hydrogen-bond acceptors (Lipinski definition) is 1. The van der Waals surface area contributed by atoms with Crippen LogP contribution in [-0.4, -0.2) is 0 Å². The van der Waals surface area contributed by atoms with Crippen molar-refractivity contribution in [2.24, 2.45) is 0 Å². The van der Waals surface area contributed by atoms with Gasteiger partial charge in [0.05, 0.1) is 0 Å². The van der Waals surface area contributed by atoms with E-state index in [1.54, 1.807) is 5.57 Å². The molecule has 0 aliphatic heterocycles. The molecule has 2 aliphatic carbocycles. The Bertz CT molecular complexity index is 1310. The van der Waals surface area contributed by atoms with Gasteiger partial charge in [0, 0.05) is 27.3 Å². The lowest BCUT2D eigenvalue weighted by atomic mass is 9.78. The fourth-order valence-corrected chi connectivity index (χ4v) is 5.21. The Balaban J connectivity index is 1.72. The molecule has 0 spiro atoms. The second-order valence-electron chi connectivity index (χ2n) is 8.47. The minimum Gasteiger partial charge on any atom is -0.455 e. The summed E-state index contributed by atoms with van der Waals surface area (Å²) in [5, 5.41) is 2.42. The van der Waals surface area contributed by atoms with Crippen molar-refractivity contribution in [3.8, 4) is 11.1 Å². The van der Waals surface area contributed by atoms with Gasteiger partial charge in [0.25, 0.3) is 0 Å². The van der Waals surface area contributed by atoms with Crippen LogP contribution in [0.1, 0.15) is 37.8 Å². The fourth-order valence-electron chi connectivity index (χ4n) is 5.21. The van der Waals surface area contributed by atoms with Crippen molar-refractivity contribution in [2.45, 2.75) is 32.1 Å². The number of furan rings is 1. The van der Waals surface area contributed by atoms with Crippen LogP contribution >= 0.6 is 0 Å². The molecule has 1 heteroatoms. The Kier molecular flexibility index (Phi) is 3.12. The molecule has 0 fully saturated rings. The van der Waals surface area contributed by atoms with Crippen LogP contribution in [0.25, 0.3) is 38.6 Å². The fraction of sp³-hybridized carbons (Fsp3) is 0.185. The van der Waals surface area contributed by atoms with Gasteiger partial charge in [0.1, 0.15) is 11.2 Å². The highest BCUT2D eigenvalue weighted by molar-refractivity contribution is 6.13. The topological polar surface area (TPSA) is 13.1 Å². The van der Waals surface area contributed by atoms with E-state index in [2.05, 4.69) is 86.7 Å². The van der Waals surface area contributed by atoms with Crippen LogP contribution in [0.2, 0.25) is 0 Å². The molecule has 0 N–H and O–H groups in total. The molecule has 0 amide bonds. The lowest BCUT2D eigenvalue weighted by molar-refractivity contribution is 0.606. The van der Waals surface area contributed by atoms with Gasteiger partial charge >= 0.3 is 0 Å². The number of rotatable bonds is 1. The molecule has 0 radical (unpaired) electrons. The molecular formula is C27H22O. The van der Waals surface area contributed by atoms with Gasteiger partial charge in [-0.15, -0.1) is 0 Å². The molecule has 0 saturated heterocycles. The Labute approximate surface area is 165 Å². The zero-order valence-electron chi connectivity index (χ0n) is 16.3. The lowest BCUT2D eigenvalue weighted by Crippen LogP contribution is -2.17. The molecule has 136 valence electrons. The molecule has 4 aromatic rings. The van der Waals surface area contributed by atoms with Crippen molar-refractivity contribution in [3.05, 3.63) is 89.5 Å². The maximum Gasteiger partial charge on any atom is 0.143 e. The third-order valence-corrected chi connectivity index (χ3v) is 6.62. The Morgan fingerprint density at radius 1 is 0.821 bits per heavy atom. The SMILES string of the molecule is CC1(C)C2=C(C=CCC2)c2c1ccc1c2oc2c(-c3ccccc3)cccc21. The molecule has 1 heterocycles. The van der Waals surface area contributed by atoms with Crippen molar-refractivity contribution in [1.82, 2.24) is 0 Å². The van der Waals surface area contributed by atoms with Crippen LogP contribution < -0.4 is 0 Å². The first-order chi connectivity index (χ1) is 13.7. The number of para-hydroxylation sites is 1. The standard InChI is InChI=1S/C27H22O/c1-27(2)22-14-7-6-11-21(22)24-23(27)16-15-20-19-13-8-12-18(25(19)28-26(20)24)17-9-4-3-5-10-17/h3-6,8-13,15-16H,7,14H2,1-2H3. The molecule has 0 atom stereocenters. The number of fused-ring (bicyclic) bond motifs is 6. The molecule has 0 saturated carbocycles. The number of hydrogen-bond donors (Lipinski definition) is 0. The molecular weight excluding hydrogens is 340 g/mol. The Hall–Kier alpha value is -3.06. The summed E-state index contributed by atoms with van der Waals surface area (Å²) in [6.07, 6.45) is 6.90. The highest BCUT2D eigenvalue weighted by atomic mass is 16.3. The average Bonchev–Trinajstić information content (AvgIpc) is 3.22. The first-order valence-corrected chi connectivity index (χ1v) is 10.1. The second-order valence-corrected chi connectivity index (χ2v) is 8.47. The molecule has 6 rings (SSSR count). The van der Waals surface area contributed by atoms with E-state index < -0.39 is 0 Å². The predicted octanol–water partition coefficient (Wildman–Crippen LogP) is 7.65. The van der Waals surface area contributed by atoms with E-state index in [1.807, 2.05) is 0 Å². The summed E-state index contributed by atoms with van der Waals surface area (Å²) in [7, 11) is 0. The highest BCUT2D eigenvalue weighted by Gasteiger charge is 2.39. The largest absolute Gasteiger partial charge is 0.455 e. The van der Waals surface area contributed by atoms with E-state index in [0.717, 1.165) is 29.6 Å². The Morgan fingerprint density at radius 3 is 2.50 bits per heavy atom. The van der Waals surface area contributed by atoms with Crippen molar-refractivity contribution in [2.75, 3.05) is 0 Å². The minimum absolute atomic E-state index is 0.0743. The van der Waals surface area contributed by atoms with Crippen molar-refractivity contribution in [3.63, 3.8) is 0 Å². The van der Waals surface area contributed by atoms with Crippen LogP contribution in [0.3, 0.4) is 0 Å². The van der Waals surface area contributed by atoms with E-state index >= 15 is 0 Å². The highest BCUT2D eigenvalue weighted by Crippen LogP contribution is 2.53. The third kappa shape index (κ3) is 1.97. The van der Waals surface area contributed by atoms with Gasteiger partial charge in [-0.2, -0.15) is 0 Å². The van der Waals surface area contributed by atoms with E-state index in [1.165, 1.54) is 33.0 Å². The maximum absolute atomic E-state index is 6.66. The van der Waals surface area contributed by atoms with Crippen LogP contribution in [0, 0.1) is 0 Å². The smallest absolute Gasteiger partial charge is 0.143 e. The average molecular weight is 362 g/mol. The second kappa shape index (κ2) is 5.48. The Morgan fingerprint density at radius 2 is 1.64 bits per heavy atom. The molecule has 0 bridgehead atoms. The van der Waals surface area contributed by atoms with E-state index in [0.29, 0.717) is 0 Å². The van der Waals surface area contributed by atoms with Crippen LogP contribution in [0.4, 0.5) is 0 Å². The monoisotopic (exact) mass is 362 g/mol. The van der Waals surface area contributed by atoms with Crippen LogP contribution in [0.5, 0.6) is 0 Å². The summed E-state index contributed by atoms with van der Waals surface area (Å²) >= 11 is 0. The lowest BCUT2D eigenvalue weighted by Gasteiger charge is -2.25. The van der Waals surface area contributed by atoms with Gasteiger partial charge in [-0.1, -0.05) is 92.2 Å². The van der Waals surface area contributed by atoms with Gasteiger partial charge in [0.15, 0.2) is 0 Å². The number of allylic oxidation sites excluding steroid dienone is 4. The summed E-state index contributed by atoms with van der Waals surface area (Å²) in [5.74, 6) is 0. The van der Waals surface area contributed by atoms with Gasteiger partial charge in [0.2, 0.25) is 0 Å². The van der Waals surface area contributed by atoms with E-state index in [9.17, 15) is 0 Å². The molecule has 1 nitrogen and oxygen atoms in total. The maximum atomic E-state index is 6.66. The predicted molar refractivity (Wildman–Crippen MR) is 117 cm³/mol. The van der Waals surface area contributed by atoms with Crippen molar-refractivity contribution < 1.29 is 4.42 Å². The summed E-state index contributed by atoms with van der Waals surface area (Å²) in [6, 6.07) is 21.6. The molecule has 2 aliphatic rings. The third-order valence-electron chi connectivity index (χ3n) is 6.62. The quantitative estimate of drug-likeness (QED) is 0.339. The van der Waals surface area contributed by atoms with Gasteiger partial charge < -0.3 is 4.42 Å². The van der Waals surface area contributed by atoms with Crippen LogP contribution in [-0.2, 0) is 5.41 Å². The van der Waals surface area contributed by atoms with Gasteiger partial charge in [-0.3, -0.25) is 0 Å². The first-order valence-electron chi connectivity index (χ1n) is 10.1. The molecule has 28 heavy (non-hydrogen) atoms. The van der Waals surface area contributed by atoms with Crippen molar-refractivity contribution >= 4 is 27.5 Å². The minimum atomic E-state index is 0.0743. The normalized spacial score (nSPS) is 17.4. The van der Waals surface area contributed by atoms with E-state index in [-0.39, 0.29) is 5.41 Å². The molecule has 3 aromatic carbocycles. The zero-order chi connectivity index (χ0) is 18.9. The first kappa shape index (κ1) is 15.9. The molecule has 0 unspecified atom stereocenters. The molecule has 1 aromatic heterocycles. The van der Waals surface area contributed by atoms with E-state index in [4.69, 9.17) is 4.42 Å². The summed E-state index contributed by atoms with van der Waals surface area (Å²) in [6.45, 7) is 4.72. The number of benzene rings is 3. The van der Waals surface area contributed by atoms with Crippen LogP contribution in [0.15, 0.2) is 82.8 Å². The van der Waals surface area contributed by atoms with Gasteiger partial charge in [-0.05, 0) is 29.5 Å². The summed E-state index contributed by atoms with van der Waals surface area (Å²) in [5.41, 5.74) is 10.1. The zero-order valence-corrected chi connectivity index (χ0v) is 16.3. The van der Waals surface area contributed by atoms with Crippen molar-refractivity contribution in [1.29, 1.82) is 0 Å². The summed E-state index contributed by atoms with van der Waals surface area (Å²) in [4.78, 5) is 0. The summed E-state index contributed by atoms with van der Waals surface area (Å²) < 4.78 is 6.66.